The van der Waals surface area contributed by atoms with E-state index in [0.717, 1.165) is 16.8 Å². The van der Waals surface area contributed by atoms with Crippen LogP contribution in [0, 0.1) is 6.92 Å². The molecule has 0 spiro atoms. The Morgan fingerprint density at radius 1 is 0.968 bits per heavy atom. The van der Waals surface area contributed by atoms with E-state index in [-0.39, 0.29) is 5.91 Å². The molecule has 1 amide bonds. The van der Waals surface area contributed by atoms with Crippen molar-refractivity contribution < 1.29 is 14.3 Å². The van der Waals surface area contributed by atoms with Crippen molar-refractivity contribution in [1.29, 1.82) is 0 Å². The van der Waals surface area contributed by atoms with E-state index in [1.54, 1.807) is 18.3 Å². The van der Waals surface area contributed by atoms with Gasteiger partial charge in [-0.15, -0.1) is 0 Å². The SMILES string of the molecule is COC(=O)C(NC(=O)c1c(C)c(-c2ccccc2)nc2ccccc12)c1cccnc1. The molecule has 0 fully saturated rings. The van der Waals surface area contributed by atoms with Crippen molar-refractivity contribution in [3.05, 3.63) is 95.8 Å². The van der Waals surface area contributed by atoms with Crippen molar-refractivity contribution in [1.82, 2.24) is 15.3 Å². The number of aromatic nitrogens is 2. The first-order valence-corrected chi connectivity index (χ1v) is 9.83. The molecule has 4 rings (SSSR count). The van der Waals surface area contributed by atoms with E-state index in [1.807, 2.05) is 61.5 Å². The molecule has 4 aromatic rings. The summed E-state index contributed by atoms with van der Waals surface area (Å²) >= 11 is 0. The topological polar surface area (TPSA) is 81.2 Å². The number of esters is 1. The van der Waals surface area contributed by atoms with Crippen LogP contribution in [0.2, 0.25) is 0 Å². The van der Waals surface area contributed by atoms with Crippen LogP contribution in [-0.4, -0.2) is 29.0 Å². The van der Waals surface area contributed by atoms with Gasteiger partial charge in [-0.3, -0.25) is 9.78 Å². The maximum atomic E-state index is 13.5. The van der Waals surface area contributed by atoms with E-state index >= 15 is 0 Å². The van der Waals surface area contributed by atoms with Crippen LogP contribution < -0.4 is 5.32 Å². The lowest BCUT2D eigenvalue weighted by atomic mass is 9.96. The summed E-state index contributed by atoms with van der Waals surface area (Å²) < 4.78 is 4.92. The number of benzene rings is 2. The summed E-state index contributed by atoms with van der Waals surface area (Å²) in [6.07, 6.45) is 3.14. The predicted octanol–water partition coefficient (Wildman–Crippen LogP) is 4.25. The summed E-state index contributed by atoms with van der Waals surface area (Å²) in [6.45, 7) is 1.87. The number of nitrogens with zero attached hydrogens (tertiary/aromatic N) is 2. The maximum absolute atomic E-state index is 13.5. The Morgan fingerprint density at radius 2 is 1.71 bits per heavy atom. The molecule has 0 radical (unpaired) electrons. The molecule has 1 unspecified atom stereocenters. The first-order chi connectivity index (χ1) is 15.1. The molecule has 0 saturated heterocycles. The number of pyridine rings is 2. The Labute approximate surface area is 179 Å². The number of rotatable bonds is 5. The third kappa shape index (κ3) is 4.00. The zero-order chi connectivity index (χ0) is 21.8. The van der Waals surface area contributed by atoms with E-state index in [0.29, 0.717) is 22.0 Å². The molecule has 2 aromatic carbocycles. The number of nitrogens with one attached hydrogen (secondary N) is 1. The third-order valence-corrected chi connectivity index (χ3v) is 5.14. The lowest BCUT2D eigenvalue weighted by molar-refractivity contribution is -0.143. The van der Waals surface area contributed by atoms with Gasteiger partial charge in [0.2, 0.25) is 0 Å². The lowest BCUT2D eigenvalue weighted by Crippen LogP contribution is -2.35. The van der Waals surface area contributed by atoms with Crippen molar-refractivity contribution in [2.75, 3.05) is 7.11 Å². The molecule has 6 heteroatoms. The normalized spacial score (nSPS) is 11.7. The summed E-state index contributed by atoms with van der Waals surface area (Å²) in [5.41, 5.74) is 4.09. The molecule has 2 aromatic heterocycles. The number of amides is 1. The molecule has 31 heavy (non-hydrogen) atoms. The van der Waals surface area contributed by atoms with Gasteiger partial charge in [-0.25, -0.2) is 9.78 Å². The van der Waals surface area contributed by atoms with Crippen LogP contribution in [0.4, 0.5) is 0 Å². The van der Waals surface area contributed by atoms with Gasteiger partial charge < -0.3 is 10.1 Å². The second-order valence-electron chi connectivity index (χ2n) is 7.06. The van der Waals surface area contributed by atoms with Gasteiger partial charge in [-0.2, -0.15) is 0 Å². The summed E-state index contributed by atoms with van der Waals surface area (Å²) in [5.74, 6) is -0.951. The number of ether oxygens (including phenoxy) is 1. The van der Waals surface area contributed by atoms with Gasteiger partial charge in [0.25, 0.3) is 5.91 Å². The maximum Gasteiger partial charge on any atom is 0.333 e. The monoisotopic (exact) mass is 411 g/mol. The highest BCUT2D eigenvalue weighted by Crippen LogP contribution is 2.30. The minimum Gasteiger partial charge on any atom is -0.467 e. The standard InChI is InChI=1S/C25H21N3O3/c1-16-21(24(29)28-23(25(30)31-2)18-11-8-14-26-15-18)19-12-6-7-13-20(19)27-22(16)17-9-4-3-5-10-17/h3-15,23H,1-2H3,(H,28,29). The molecule has 1 N–H and O–H groups in total. The van der Waals surface area contributed by atoms with Gasteiger partial charge in [0, 0.05) is 28.9 Å². The average Bonchev–Trinajstić information content (AvgIpc) is 2.82. The largest absolute Gasteiger partial charge is 0.467 e. The minimum absolute atomic E-state index is 0.382. The van der Waals surface area contributed by atoms with Crippen molar-refractivity contribution in [2.24, 2.45) is 0 Å². The lowest BCUT2D eigenvalue weighted by Gasteiger charge is -2.19. The summed E-state index contributed by atoms with van der Waals surface area (Å²) in [6, 6.07) is 19.6. The smallest absolute Gasteiger partial charge is 0.333 e. The Balaban J connectivity index is 1.83. The molecule has 1 atom stereocenters. The predicted molar refractivity (Wildman–Crippen MR) is 118 cm³/mol. The molecule has 6 nitrogen and oxygen atoms in total. The highest BCUT2D eigenvalue weighted by atomic mass is 16.5. The third-order valence-electron chi connectivity index (χ3n) is 5.14. The van der Waals surface area contributed by atoms with Gasteiger partial charge in [-0.1, -0.05) is 54.6 Å². The van der Waals surface area contributed by atoms with Crippen LogP contribution in [0.1, 0.15) is 27.5 Å². The van der Waals surface area contributed by atoms with Gasteiger partial charge in [-0.05, 0) is 24.6 Å². The second kappa shape index (κ2) is 8.75. The van der Waals surface area contributed by atoms with E-state index in [9.17, 15) is 9.59 Å². The van der Waals surface area contributed by atoms with E-state index in [2.05, 4.69) is 10.3 Å². The van der Waals surface area contributed by atoms with Gasteiger partial charge >= 0.3 is 5.97 Å². The minimum atomic E-state index is -0.974. The number of methoxy groups -OCH3 is 1. The number of carbonyl (C=O) groups excluding carboxylic acids is 2. The Hall–Kier alpha value is -4.06. The van der Waals surface area contributed by atoms with Crippen molar-refractivity contribution in [3.63, 3.8) is 0 Å². The van der Waals surface area contributed by atoms with Crippen molar-refractivity contribution in [2.45, 2.75) is 13.0 Å². The van der Waals surface area contributed by atoms with Crippen LogP contribution >= 0.6 is 0 Å². The number of fused-ring (bicyclic) bond motifs is 1. The molecule has 0 aliphatic heterocycles. The van der Waals surface area contributed by atoms with Crippen LogP contribution in [0.5, 0.6) is 0 Å². The Kier molecular flexibility index (Phi) is 5.71. The zero-order valence-electron chi connectivity index (χ0n) is 17.2. The first-order valence-electron chi connectivity index (χ1n) is 9.83. The van der Waals surface area contributed by atoms with E-state index in [4.69, 9.17) is 9.72 Å². The fraction of sp³-hybridized carbons (Fsp3) is 0.120. The van der Waals surface area contributed by atoms with Gasteiger partial charge in [0.05, 0.1) is 23.9 Å². The van der Waals surface area contributed by atoms with E-state index in [1.165, 1.54) is 13.3 Å². The van der Waals surface area contributed by atoms with Crippen LogP contribution in [-0.2, 0) is 9.53 Å². The van der Waals surface area contributed by atoms with Crippen LogP contribution in [0.3, 0.4) is 0 Å². The molecular weight excluding hydrogens is 390 g/mol. The zero-order valence-corrected chi connectivity index (χ0v) is 17.2. The molecule has 0 saturated carbocycles. The fourth-order valence-corrected chi connectivity index (χ4v) is 3.62. The number of carbonyl (C=O) groups is 2. The molecule has 0 bridgehead atoms. The quantitative estimate of drug-likeness (QED) is 0.497. The summed E-state index contributed by atoms with van der Waals surface area (Å²) in [5, 5.41) is 3.55. The second-order valence-corrected chi connectivity index (χ2v) is 7.06. The number of hydrogen-bond acceptors (Lipinski definition) is 5. The van der Waals surface area contributed by atoms with Crippen LogP contribution in [0.25, 0.3) is 22.2 Å². The average molecular weight is 411 g/mol. The molecule has 2 heterocycles. The number of para-hydroxylation sites is 1. The fourth-order valence-electron chi connectivity index (χ4n) is 3.62. The molecule has 0 aliphatic rings. The molecule has 154 valence electrons. The summed E-state index contributed by atoms with van der Waals surface area (Å²) in [4.78, 5) is 34.8. The van der Waals surface area contributed by atoms with E-state index < -0.39 is 12.0 Å². The van der Waals surface area contributed by atoms with Gasteiger partial charge in [0.15, 0.2) is 6.04 Å². The molecule has 0 aliphatic carbocycles. The van der Waals surface area contributed by atoms with Crippen LogP contribution in [0.15, 0.2) is 79.1 Å². The molecular formula is C25H21N3O3. The van der Waals surface area contributed by atoms with Gasteiger partial charge in [0.1, 0.15) is 0 Å². The Morgan fingerprint density at radius 3 is 2.42 bits per heavy atom. The highest BCUT2D eigenvalue weighted by Gasteiger charge is 2.27. The highest BCUT2D eigenvalue weighted by molar-refractivity contribution is 6.09. The Bertz CT molecular complexity index is 1240. The summed E-state index contributed by atoms with van der Waals surface area (Å²) in [7, 11) is 1.29. The van der Waals surface area contributed by atoms with Crippen molar-refractivity contribution in [3.8, 4) is 11.3 Å². The first kappa shape index (κ1) is 20.2. The van der Waals surface area contributed by atoms with Crippen molar-refractivity contribution >= 4 is 22.8 Å². The number of hydrogen-bond donors (Lipinski definition) is 1.